The zero-order valence-electron chi connectivity index (χ0n) is 20.9. The topological polar surface area (TPSA) is 74.5 Å². The van der Waals surface area contributed by atoms with Crippen molar-refractivity contribution in [2.24, 2.45) is 12.0 Å². The van der Waals surface area contributed by atoms with Gasteiger partial charge in [-0.1, -0.05) is 18.2 Å². The second-order valence-corrected chi connectivity index (χ2v) is 9.10. The van der Waals surface area contributed by atoms with E-state index in [0.29, 0.717) is 17.1 Å². The van der Waals surface area contributed by atoms with Gasteiger partial charge in [-0.25, -0.2) is 4.99 Å². The van der Waals surface area contributed by atoms with Gasteiger partial charge in [0.05, 0.1) is 11.1 Å². The van der Waals surface area contributed by atoms with E-state index in [1.54, 1.807) is 30.6 Å². The maximum absolute atomic E-state index is 13.1. The number of halogens is 3. The Kier molecular flexibility index (Phi) is 6.40. The Hall–Kier alpha value is -4.60. The van der Waals surface area contributed by atoms with Crippen LogP contribution in [0.5, 0.6) is 0 Å². The SMILES string of the molecule is Cc1ccc(C(=O)Nc2cccc(C(F)(F)F)c2)cc1NC1=NC(c2cccnc2)N(C)c2c1ccn2C. The van der Waals surface area contributed by atoms with Gasteiger partial charge >= 0.3 is 6.18 Å². The van der Waals surface area contributed by atoms with Gasteiger partial charge in [0.2, 0.25) is 0 Å². The van der Waals surface area contributed by atoms with E-state index in [9.17, 15) is 18.0 Å². The Bertz CT molecular complexity index is 1530. The first-order valence-corrected chi connectivity index (χ1v) is 11.8. The highest BCUT2D eigenvalue weighted by Crippen LogP contribution is 2.36. The lowest BCUT2D eigenvalue weighted by atomic mass is 10.1. The maximum atomic E-state index is 13.1. The summed E-state index contributed by atoms with van der Waals surface area (Å²) >= 11 is 0. The molecule has 2 aromatic heterocycles. The number of fused-ring (bicyclic) bond motifs is 1. The second kappa shape index (κ2) is 9.70. The van der Waals surface area contributed by atoms with Gasteiger partial charge in [-0.2, -0.15) is 13.2 Å². The van der Waals surface area contributed by atoms with Crippen molar-refractivity contribution < 1.29 is 18.0 Å². The lowest BCUT2D eigenvalue weighted by Gasteiger charge is -2.33. The number of nitrogens with one attached hydrogen (secondary N) is 2. The molecule has 1 unspecified atom stereocenters. The number of benzene rings is 2. The molecule has 0 radical (unpaired) electrons. The number of aliphatic imine (C=N–C) groups is 1. The van der Waals surface area contributed by atoms with Gasteiger partial charge in [0.25, 0.3) is 5.91 Å². The fourth-order valence-electron chi connectivity index (χ4n) is 4.47. The molecule has 7 nitrogen and oxygen atoms in total. The lowest BCUT2D eigenvalue weighted by Crippen LogP contribution is -2.33. The Morgan fingerprint density at radius 3 is 2.58 bits per heavy atom. The number of aryl methyl sites for hydroxylation is 2. The van der Waals surface area contributed by atoms with Crippen LogP contribution in [0.15, 0.2) is 84.2 Å². The quantitative estimate of drug-likeness (QED) is 0.347. The molecular weight excluding hydrogens is 493 g/mol. The summed E-state index contributed by atoms with van der Waals surface area (Å²) in [6.45, 7) is 1.90. The number of hydrogen-bond acceptors (Lipinski definition) is 5. The number of amides is 1. The first-order chi connectivity index (χ1) is 18.1. The molecule has 3 heterocycles. The summed E-state index contributed by atoms with van der Waals surface area (Å²) in [5.41, 5.74) is 2.88. The predicted molar refractivity (Wildman–Crippen MR) is 142 cm³/mol. The van der Waals surface area contributed by atoms with Crippen LogP contribution in [0.3, 0.4) is 0 Å². The molecule has 4 aromatic rings. The van der Waals surface area contributed by atoms with Gasteiger partial charge in [-0.15, -0.1) is 0 Å². The molecule has 2 aromatic carbocycles. The number of amidine groups is 1. The molecule has 0 spiro atoms. The largest absolute Gasteiger partial charge is 0.416 e. The summed E-state index contributed by atoms with van der Waals surface area (Å²) in [6, 6.07) is 15.4. The molecule has 0 bridgehead atoms. The van der Waals surface area contributed by atoms with Crippen LogP contribution in [0.4, 0.5) is 30.4 Å². The predicted octanol–water partition coefficient (Wildman–Crippen LogP) is 6.01. The van der Waals surface area contributed by atoms with E-state index in [2.05, 4.69) is 20.5 Å². The summed E-state index contributed by atoms with van der Waals surface area (Å²) in [5.74, 6) is 1.07. The molecule has 0 saturated heterocycles. The van der Waals surface area contributed by atoms with Crippen LogP contribution in [-0.2, 0) is 13.2 Å². The number of alkyl halides is 3. The molecule has 0 aliphatic carbocycles. The average Bonchev–Trinajstić information content (AvgIpc) is 3.29. The van der Waals surface area contributed by atoms with E-state index in [-0.39, 0.29) is 11.9 Å². The first-order valence-electron chi connectivity index (χ1n) is 11.8. The van der Waals surface area contributed by atoms with Crippen molar-refractivity contribution in [2.75, 3.05) is 22.6 Å². The van der Waals surface area contributed by atoms with Crippen LogP contribution in [-0.4, -0.2) is 28.3 Å². The highest BCUT2D eigenvalue weighted by molar-refractivity contribution is 6.13. The summed E-state index contributed by atoms with van der Waals surface area (Å²) in [4.78, 5) is 24.2. The van der Waals surface area contributed by atoms with E-state index in [1.807, 2.05) is 50.0 Å². The van der Waals surface area contributed by atoms with Crippen molar-refractivity contribution in [1.82, 2.24) is 9.55 Å². The summed E-state index contributed by atoms with van der Waals surface area (Å²) in [5, 5.41) is 5.95. The van der Waals surface area contributed by atoms with E-state index in [4.69, 9.17) is 4.99 Å². The third-order valence-corrected chi connectivity index (χ3v) is 6.43. The van der Waals surface area contributed by atoms with Crippen molar-refractivity contribution in [2.45, 2.75) is 19.3 Å². The molecule has 194 valence electrons. The minimum absolute atomic E-state index is 0.0628. The smallest absolute Gasteiger partial charge is 0.340 e. The fraction of sp³-hybridized carbons (Fsp3) is 0.179. The van der Waals surface area contributed by atoms with Crippen molar-refractivity contribution in [1.29, 1.82) is 0 Å². The van der Waals surface area contributed by atoms with Crippen LogP contribution in [0.1, 0.15) is 38.8 Å². The molecule has 1 aliphatic rings. The molecule has 5 rings (SSSR count). The Balaban J connectivity index is 1.45. The highest BCUT2D eigenvalue weighted by atomic mass is 19.4. The number of nitrogens with zero attached hydrogens (tertiary/aromatic N) is 4. The molecular formula is C28H25F3N6O. The number of rotatable bonds is 4. The number of aromatic nitrogens is 2. The molecule has 1 atom stereocenters. The molecule has 0 saturated carbocycles. The van der Waals surface area contributed by atoms with Gasteiger partial charge < -0.3 is 20.1 Å². The van der Waals surface area contributed by atoms with E-state index in [1.165, 1.54) is 12.1 Å². The fourth-order valence-corrected chi connectivity index (χ4v) is 4.47. The molecule has 38 heavy (non-hydrogen) atoms. The van der Waals surface area contributed by atoms with Crippen LogP contribution >= 0.6 is 0 Å². The molecule has 0 fully saturated rings. The van der Waals surface area contributed by atoms with Crippen LogP contribution < -0.4 is 15.5 Å². The van der Waals surface area contributed by atoms with Gasteiger partial charge in [-0.3, -0.25) is 9.78 Å². The second-order valence-electron chi connectivity index (χ2n) is 9.10. The normalized spacial score (nSPS) is 15.1. The monoisotopic (exact) mass is 518 g/mol. The van der Waals surface area contributed by atoms with Crippen molar-refractivity contribution in [3.8, 4) is 0 Å². The number of pyridine rings is 1. The Morgan fingerprint density at radius 2 is 1.84 bits per heavy atom. The summed E-state index contributed by atoms with van der Waals surface area (Å²) < 4.78 is 41.2. The first kappa shape index (κ1) is 25.1. The zero-order chi connectivity index (χ0) is 27.0. The van der Waals surface area contributed by atoms with Gasteiger partial charge in [0, 0.05) is 55.2 Å². The van der Waals surface area contributed by atoms with Crippen LogP contribution in [0, 0.1) is 6.92 Å². The van der Waals surface area contributed by atoms with E-state index < -0.39 is 17.6 Å². The summed E-state index contributed by atoms with van der Waals surface area (Å²) in [7, 11) is 3.93. The zero-order valence-corrected chi connectivity index (χ0v) is 20.9. The molecule has 1 amide bonds. The Labute approximate surface area is 217 Å². The van der Waals surface area contributed by atoms with Gasteiger partial charge in [0.15, 0.2) is 6.17 Å². The number of hydrogen-bond donors (Lipinski definition) is 2. The maximum Gasteiger partial charge on any atom is 0.416 e. The molecule has 2 N–H and O–H groups in total. The highest BCUT2D eigenvalue weighted by Gasteiger charge is 2.31. The molecule has 10 heteroatoms. The third kappa shape index (κ3) is 4.84. The van der Waals surface area contributed by atoms with E-state index >= 15 is 0 Å². The number of carbonyl (C=O) groups is 1. The molecule has 1 aliphatic heterocycles. The van der Waals surface area contributed by atoms with Crippen molar-refractivity contribution >= 4 is 28.9 Å². The van der Waals surface area contributed by atoms with Gasteiger partial charge in [-0.05, 0) is 55.0 Å². The standard InChI is InChI=1S/C28H25F3N6O/c1-17-9-10-18(26(38)33-21-8-4-7-20(15-21)28(29,30)31)14-23(17)34-24-22-11-13-36(2)27(22)37(3)25(35-24)19-6-5-12-32-16-19/h4-16,25H,1-3H3,(H,33,38)(H,34,35). The van der Waals surface area contributed by atoms with Crippen LogP contribution in [0.2, 0.25) is 0 Å². The van der Waals surface area contributed by atoms with Crippen LogP contribution in [0.25, 0.3) is 0 Å². The van der Waals surface area contributed by atoms with E-state index in [0.717, 1.165) is 34.6 Å². The van der Waals surface area contributed by atoms with Crippen molar-refractivity contribution in [3.05, 3.63) is 107 Å². The average molecular weight is 519 g/mol. The number of anilines is 3. The number of carbonyl (C=O) groups excluding carboxylic acids is 1. The van der Waals surface area contributed by atoms with Crippen molar-refractivity contribution in [3.63, 3.8) is 0 Å². The lowest BCUT2D eigenvalue weighted by molar-refractivity contribution is -0.137. The van der Waals surface area contributed by atoms with Gasteiger partial charge in [0.1, 0.15) is 11.7 Å². The minimum Gasteiger partial charge on any atom is -0.340 e. The Morgan fingerprint density at radius 1 is 1.03 bits per heavy atom. The minimum atomic E-state index is -4.50. The third-order valence-electron chi connectivity index (χ3n) is 6.43. The summed E-state index contributed by atoms with van der Waals surface area (Å²) in [6.07, 6.45) is 0.624.